The molecular weight excluding hydrogens is 440 g/mol. The van der Waals surface area contributed by atoms with Gasteiger partial charge in [0.1, 0.15) is 17.9 Å². The normalized spacial score (nSPS) is 11.2. The average molecular weight is 475 g/mol. The van der Waals surface area contributed by atoms with E-state index in [0.29, 0.717) is 24.5 Å². The van der Waals surface area contributed by atoms with Gasteiger partial charge in [0.15, 0.2) is 0 Å². The zero-order chi connectivity index (χ0) is 25.3. The van der Waals surface area contributed by atoms with Crippen LogP contribution in [0.3, 0.4) is 0 Å². The number of hydrogen-bond acceptors (Lipinski definition) is 5. The summed E-state index contributed by atoms with van der Waals surface area (Å²) in [5.74, 6) is 0.0282. The monoisotopic (exact) mass is 474 g/mol. The molecule has 0 aliphatic heterocycles. The molecule has 0 atom stereocenters. The molecule has 0 radical (unpaired) electrons. The Kier molecular flexibility index (Phi) is 9.04. The number of amides is 1. The van der Waals surface area contributed by atoms with Crippen molar-refractivity contribution < 1.29 is 19.1 Å². The van der Waals surface area contributed by atoms with Crippen LogP contribution in [0.4, 0.5) is 5.69 Å². The first-order valence-electron chi connectivity index (χ1n) is 11.7. The van der Waals surface area contributed by atoms with Crippen molar-refractivity contribution >= 4 is 17.6 Å². The maximum atomic E-state index is 13.6. The molecule has 0 fully saturated rings. The highest BCUT2D eigenvalue weighted by molar-refractivity contribution is 5.98. The second-order valence-corrected chi connectivity index (χ2v) is 9.38. The van der Waals surface area contributed by atoms with Crippen LogP contribution in [0.5, 0.6) is 5.75 Å². The largest absolute Gasteiger partial charge is 0.497 e. The van der Waals surface area contributed by atoms with Crippen LogP contribution < -0.4 is 9.64 Å². The number of ether oxygens (including phenoxy) is 2. The summed E-state index contributed by atoms with van der Waals surface area (Å²) in [5.41, 5.74) is 2.19. The van der Waals surface area contributed by atoms with Gasteiger partial charge in [-0.15, -0.1) is 0 Å². The fraction of sp³-hybridized carbons (Fsp3) is 0.310. The summed E-state index contributed by atoms with van der Waals surface area (Å²) in [6.07, 6.45) is 0. The van der Waals surface area contributed by atoms with E-state index in [-0.39, 0.29) is 19.0 Å². The van der Waals surface area contributed by atoms with E-state index in [1.807, 2.05) is 81.4 Å². The molecule has 0 unspecified atom stereocenters. The summed E-state index contributed by atoms with van der Waals surface area (Å²) < 4.78 is 10.8. The molecule has 0 heterocycles. The van der Waals surface area contributed by atoms with Gasteiger partial charge in [0.2, 0.25) is 5.91 Å². The van der Waals surface area contributed by atoms with E-state index in [2.05, 4.69) is 4.90 Å². The van der Waals surface area contributed by atoms with Crippen LogP contribution in [0.2, 0.25) is 0 Å². The topological polar surface area (TPSA) is 59.1 Å². The highest BCUT2D eigenvalue weighted by Crippen LogP contribution is 2.21. The third kappa shape index (κ3) is 8.58. The number of carbonyl (C=O) groups is 2. The summed E-state index contributed by atoms with van der Waals surface area (Å²) >= 11 is 0. The SMILES string of the molecule is COc1ccc(N(CC(=O)OC(C)(C)C)C(=O)CN(Cc2ccccc2)Cc2ccccc2)cc1. The molecule has 3 aromatic rings. The van der Waals surface area contributed by atoms with Gasteiger partial charge in [-0.05, 0) is 56.2 Å². The van der Waals surface area contributed by atoms with Gasteiger partial charge >= 0.3 is 5.97 Å². The van der Waals surface area contributed by atoms with Crippen LogP contribution in [0.1, 0.15) is 31.9 Å². The molecule has 0 aliphatic rings. The second-order valence-electron chi connectivity index (χ2n) is 9.38. The van der Waals surface area contributed by atoms with Crippen molar-refractivity contribution in [3.8, 4) is 5.75 Å². The lowest BCUT2D eigenvalue weighted by atomic mass is 10.1. The van der Waals surface area contributed by atoms with Crippen LogP contribution in [-0.2, 0) is 27.4 Å². The van der Waals surface area contributed by atoms with Gasteiger partial charge in [-0.25, -0.2) is 0 Å². The highest BCUT2D eigenvalue weighted by Gasteiger charge is 2.25. The minimum absolute atomic E-state index is 0.138. The van der Waals surface area contributed by atoms with Crippen molar-refractivity contribution in [2.75, 3.05) is 25.1 Å². The maximum Gasteiger partial charge on any atom is 0.326 e. The molecular formula is C29H34N2O4. The van der Waals surface area contributed by atoms with Crippen molar-refractivity contribution in [1.82, 2.24) is 4.90 Å². The number of esters is 1. The summed E-state index contributed by atoms with van der Waals surface area (Å²) in [4.78, 5) is 29.9. The van der Waals surface area contributed by atoms with Gasteiger partial charge in [0.05, 0.1) is 13.7 Å². The number of anilines is 1. The second kappa shape index (κ2) is 12.2. The molecule has 6 nitrogen and oxygen atoms in total. The third-order valence-corrected chi connectivity index (χ3v) is 5.25. The molecule has 0 saturated heterocycles. The number of benzene rings is 3. The molecule has 184 valence electrons. The fourth-order valence-electron chi connectivity index (χ4n) is 3.72. The van der Waals surface area contributed by atoms with E-state index in [1.54, 1.807) is 31.4 Å². The lowest BCUT2D eigenvalue weighted by Gasteiger charge is -2.28. The van der Waals surface area contributed by atoms with Gasteiger partial charge in [-0.1, -0.05) is 60.7 Å². The smallest absolute Gasteiger partial charge is 0.326 e. The standard InChI is InChI=1S/C29H34N2O4/c1-29(2,3)35-28(33)22-31(25-15-17-26(34-4)18-16-25)27(32)21-30(19-23-11-7-5-8-12-23)20-24-13-9-6-10-14-24/h5-18H,19-22H2,1-4H3. The first-order valence-corrected chi connectivity index (χ1v) is 11.7. The summed E-state index contributed by atoms with van der Waals surface area (Å²) in [5, 5.41) is 0. The predicted molar refractivity (Wildman–Crippen MR) is 138 cm³/mol. The highest BCUT2D eigenvalue weighted by atomic mass is 16.6. The molecule has 0 aliphatic carbocycles. The zero-order valence-corrected chi connectivity index (χ0v) is 20.9. The molecule has 0 bridgehead atoms. The predicted octanol–water partition coefficient (Wildman–Crippen LogP) is 5.07. The Labute approximate surface area is 208 Å². The first kappa shape index (κ1) is 26.0. The Morgan fingerprint density at radius 1 is 0.743 bits per heavy atom. The maximum absolute atomic E-state index is 13.6. The molecule has 0 aromatic heterocycles. The van der Waals surface area contributed by atoms with E-state index >= 15 is 0 Å². The van der Waals surface area contributed by atoms with Crippen LogP contribution in [-0.4, -0.2) is 42.6 Å². The van der Waals surface area contributed by atoms with Crippen LogP contribution in [0.25, 0.3) is 0 Å². The van der Waals surface area contributed by atoms with E-state index in [4.69, 9.17) is 9.47 Å². The zero-order valence-electron chi connectivity index (χ0n) is 20.9. The number of hydrogen-bond donors (Lipinski definition) is 0. The number of nitrogens with zero attached hydrogens (tertiary/aromatic N) is 2. The Morgan fingerprint density at radius 2 is 1.26 bits per heavy atom. The molecule has 3 rings (SSSR count). The molecule has 35 heavy (non-hydrogen) atoms. The molecule has 1 amide bonds. The van der Waals surface area contributed by atoms with E-state index < -0.39 is 11.6 Å². The molecule has 0 saturated carbocycles. The fourth-order valence-corrected chi connectivity index (χ4v) is 3.72. The van der Waals surface area contributed by atoms with Crippen molar-refractivity contribution in [3.63, 3.8) is 0 Å². The van der Waals surface area contributed by atoms with Crippen LogP contribution >= 0.6 is 0 Å². The Hall–Kier alpha value is -3.64. The van der Waals surface area contributed by atoms with Crippen molar-refractivity contribution in [1.29, 1.82) is 0 Å². The van der Waals surface area contributed by atoms with E-state index in [1.165, 1.54) is 4.90 Å². The summed E-state index contributed by atoms with van der Waals surface area (Å²) in [7, 11) is 1.59. The average Bonchev–Trinajstić information content (AvgIpc) is 2.83. The van der Waals surface area contributed by atoms with Gasteiger partial charge < -0.3 is 14.4 Å². The molecule has 0 N–H and O–H groups in total. The van der Waals surface area contributed by atoms with Crippen LogP contribution in [0, 0.1) is 0 Å². The van der Waals surface area contributed by atoms with E-state index in [0.717, 1.165) is 11.1 Å². The quantitative estimate of drug-likeness (QED) is 0.384. The summed E-state index contributed by atoms with van der Waals surface area (Å²) in [6.45, 7) is 6.60. The number of methoxy groups -OCH3 is 1. The minimum Gasteiger partial charge on any atom is -0.497 e. The Balaban J connectivity index is 1.84. The van der Waals surface area contributed by atoms with Crippen molar-refractivity contribution in [3.05, 3.63) is 96.1 Å². The first-order chi connectivity index (χ1) is 16.7. The van der Waals surface area contributed by atoms with Crippen molar-refractivity contribution in [2.24, 2.45) is 0 Å². The molecule has 0 spiro atoms. The van der Waals surface area contributed by atoms with Gasteiger partial charge in [0, 0.05) is 18.8 Å². The van der Waals surface area contributed by atoms with E-state index in [9.17, 15) is 9.59 Å². The molecule has 3 aromatic carbocycles. The Bertz CT molecular complexity index is 1040. The summed E-state index contributed by atoms with van der Waals surface area (Å²) in [6, 6.07) is 27.2. The Morgan fingerprint density at radius 3 is 1.71 bits per heavy atom. The third-order valence-electron chi connectivity index (χ3n) is 5.25. The minimum atomic E-state index is -0.641. The number of carbonyl (C=O) groups excluding carboxylic acids is 2. The lowest BCUT2D eigenvalue weighted by molar-refractivity contribution is -0.153. The number of rotatable bonds is 10. The lowest BCUT2D eigenvalue weighted by Crippen LogP contribution is -2.44. The van der Waals surface area contributed by atoms with Gasteiger partial charge in [0.25, 0.3) is 0 Å². The molecule has 6 heteroatoms. The van der Waals surface area contributed by atoms with Crippen LogP contribution in [0.15, 0.2) is 84.9 Å². The van der Waals surface area contributed by atoms with Gasteiger partial charge in [-0.3, -0.25) is 14.5 Å². The van der Waals surface area contributed by atoms with Gasteiger partial charge in [-0.2, -0.15) is 0 Å². The van der Waals surface area contributed by atoms with Crippen molar-refractivity contribution in [2.45, 2.75) is 39.5 Å².